The summed E-state index contributed by atoms with van der Waals surface area (Å²) < 4.78 is 19.2. The summed E-state index contributed by atoms with van der Waals surface area (Å²) in [5, 5.41) is 5.39. The predicted molar refractivity (Wildman–Crippen MR) is 102 cm³/mol. The van der Waals surface area contributed by atoms with E-state index in [-0.39, 0.29) is 22.0 Å². The molecule has 3 rings (SSSR count). The van der Waals surface area contributed by atoms with Crippen molar-refractivity contribution in [1.82, 2.24) is 9.97 Å². The Bertz CT molecular complexity index is 1030. The van der Waals surface area contributed by atoms with E-state index in [2.05, 4.69) is 20.6 Å². The van der Waals surface area contributed by atoms with Crippen molar-refractivity contribution >= 4 is 34.8 Å². The van der Waals surface area contributed by atoms with E-state index in [9.17, 15) is 14.0 Å². The van der Waals surface area contributed by atoms with E-state index in [1.807, 2.05) is 0 Å². The van der Waals surface area contributed by atoms with Gasteiger partial charge in [-0.1, -0.05) is 11.6 Å². The van der Waals surface area contributed by atoms with Gasteiger partial charge in [-0.05, 0) is 36.4 Å². The minimum absolute atomic E-state index is 0.132. The highest BCUT2D eigenvalue weighted by Crippen LogP contribution is 2.29. The third kappa shape index (κ3) is 4.41. The monoisotopic (exact) mass is 400 g/mol. The fraction of sp³-hybridized carbons (Fsp3) is 0.0526. The van der Waals surface area contributed by atoms with E-state index < -0.39 is 17.6 Å². The molecule has 0 bridgehead atoms. The lowest BCUT2D eigenvalue weighted by atomic mass is 10.2. The summed E-state index contributed by atoms with van der Waals surface area (Å²) in [5.74, 6) is -1.58. The maximum absolute atomic E-state index is 14.0. The van der Waals surface area contributed by atoms with Crippen LogP contribution in [0.5, 0.6) is 5.75 Å². The van der Waals surface area contributed by atoms with Crippen LogP contribution in [0.1, 0.15) is 20.8 Å². The zero-order chi connectivity index (χ0) is 20.1. The molecule has 1 heterocycles. The number of carbonyl (C=O) groups is 2. The molecule has 0 aliphatic carbocycles. The van der Waals surface area contributed by atoms with Crippen LogP contribution in [0.25, 0.3) is 0 Å². The van der Waals surface area contributed by atoms with Crippen molar-refractivity contribution in [2.24, 2.45) is 0 Å². The Labute approximate surface area is 164 Å². The molecule has 2 N–H and O–H groups in total. The van der Waals surface area contributed by atoms with E-state index in [1.54, 1.807) is 12.1 Å². The molecule has 0 aliphatic rings. The second kappa shape index (κ2) is 8.45. The molecular weight excluding hydrogens is 387 g/mol. The number of nitrogens with one attached hydrogen (secondary N) is 2. The van der Waals surface area contributed by atoms with Crippen molar-refractivity contribution in [2.45, 2.75) is 0 Å². The van der Waals surface area contributed by atoms with Gasteiger partial charge in [-0.2, -0.15) is 0 Å². The van der Waals surface area contributed by atoms with E-state index in [1.165, 1.54) is 43.9 Å². The standard InChI is InChI=1S/C19H14ClFN4O3/c1-28-17-5-3-12(24-19(27)16-10-22-6-7-23-16)9-15(17)25-18(26)13-4-2-11(20)8-14(13)21/h2-10H,1H3,(H,24,27)(H,25,26). The van der Waals surface area contributed by atoms with Crippen LogP contribution in [0, 0.1) is 5.82 Å². The number of carbonyl (C=O) groups excluding carboxylic acids is 2. The summed E-state index contributed by atoms with van der Waals surface area (Å²) in [6.45, 7) is 0. The summed E-state index contributed by atoms with van der Waals surface area (Å²) in [7, 11) is 1.42. The molecule has 2 aromatic carbocycles. The highest BCUT2D eigenvalue weighted by Gasteiger charge is 2.16. The zero-order valence-corrected chi connectivity index (χ0v) is 15.3. The Morgan fingerprint density at radius 1 is 1.07 bits per heavy atom. The van der Waals surface area contributed by atoms with Gasteiger partial charge < -0.3 is 15.4 Å². The van der Waals surface area contributed by atoms with Crippen LogP contribution in [0.2, 0.25) is 5.02 Å². The molecule has 1 aromatic heterocycles. The summed E-state index contributed by atoms with van der Waals surface area (Å²) in [4.78, 5) is 32.4. The lowest BCUT2D eigenvalue weighted by molar-refractivity contribution is 0.101. The minimum Gasteiger partial charge on any atom is -0.495 e. The van der Waals surface area contributed by atoms with Gasteiger partial charge in [0.2, 0.25) is 0 Å². The Hall–Kier alpha value is -3.52. The fourth-order valence-electron chi connectivity index (χ4n) is 2.36. The molecule has 0 atom stereocenters. The van der Waals surface area contributed by atoms with Gasteiger partial charge in [0, 0.05) is 23.1 Å². The van der Waals surface area contributed by atoms with Gasteiger partial charge in [0.05, 0.1) is 24.6 Å². The van der Waals surface area contributed by atoms with Crippen LogP contribution >= 0.6 is 11.6 Å². The summed E-state index contributed by atoms with van der Waals surface area (Å²) in [6.07, 6.45) is 4.17. The number of nitrogens with zero attached hydrogens (tertiary/aromatic N) is 2. The molecule has 0 spiro atoms. The van der Waals surface area contributed by atoms with Crippen molar-refractivity contribution in [3.05, 3.63) is 77.1 Å². The van der Waals surface area contributed by atoms with Gasteiger partial charge in [-0.15, -0.1) is 0 Å². The Morgan fingerprint density at radius 3 is 2.57 bits per heavy atom. The molecule has 0 unspecified atom stereocenters. The molecule has 9 heteroatoms. The van der Waals surface area contributed by atoms with E-state index in [4.69, 9.17) is 16.3 Å². The number of halogens is 2. The number of aromatic nitrogens is 2. The first-order valence-corrected chi connectivity index (χ1v) is 8.37. The predicted octanol–water partition coefficient (Wildman–Crippen LogP) is 3.78. The highest BCUT2D eigenvalue weighted by atomic mass is 35.5. The second-order valence-electron chi connectivity index (χ2n) is 5.54. The first kappa shape index (κ1) is 19.2. The Balaban J connectivity index is 1.83. The number of benzene rings is 2. The van der Waals surface area contributed by atoms with E-state index in [0.717, 1.165) is 6.07 Å². The molecule has 142 valence electrons. The molecule has 28 heavy (non-hydrogen) atoms. The van der Waals surface area contributed by atoms with Gasteiger partial charge in [-0.25, -0.2) is 9.37 Å². The smallest absolute Gasteiger partial charge is 0.275 e. The maximum Gasteiger partial charge on any atom is 0.275 e. The topological polar surface area (TPSA) is 93.2 Å². The van der Waals surface area contributed by atoms with Crippen LogP contribution in [0.15, 0.2) is 55.0 Å². The SMILES string of the molecule is COc1ccc(NC(=O)c2cnccn2)cc1NC(=O)c1ccc(Cl)cc1F. The molecule has 0 saturated carbocycles. The number of hydrogen-bond acceptors (Lipinski definition) is 5. The van der Waals surface area contributed by atoms with E-state index in [0.29, 0.717) is 11.4 Å². The number of ether oxygens (including phenoxy) is 1. The number of rotatable bonds is 5. The summed E-state index contributed by atoms with van der Waals surface area (Å²) in [5.41, 5.74) is 0.578. The summed E-state index contributed by atoms with van der Waals surface area (Å²) in [6, 6.07) is 8.36. The van der Waals surface area contributed by atoms with Crippen molar-refractivity contribution in [3.8, 4) is 5.75 Å². The zero-order valence-electron chi connectivity index (χ0n) is 14.6. The molecule has 0 fully saturated rings. The van der Waals surface area contributed by atoms with Crippen LogP contribution in [-0.4, -0.2) is 28.9 Å². The minimum atomic E-state index is -0.754. The summed E-state index contributed by atoms with van der Waals surface area (Å²) >= 11 is 5.71. The first-order chi connectivity index (χ1) is 13.5. The van der Waals surface area contributed by atoms with Gasteiger partial charge in [0.25, 0.3) is 11.8 Å². The molecular formula is C19H14ClFN4O3. The Morgan fingerprint density at radius 2 is 1.89 bits per heavy atom. The van der Waals surface area contributed by atoms with Crippen LogP contribution < -0.4 is 15.4 Å². The van der Waals surface area contributed by atoms with Crippen molar-refractivity contribution in [2.75, 3.05) is 17.7 Å². The molecule has 3 aromatic rings. The number of hydrogen-bond donors (Lipinski definition) is 2. The van der Waals surface area contributed by atoms with Crippen LogP contribution in [0.3, 0.4) is 0 Å². The van der Waals surface area contributed by atoms with Gasteiger partial charge in [0.1, 0.15) is 17.3 Å². The van der Waals surface area contributed by atoms with Crippen LogP contribution in [0.4, 0.5) is 15.8 Å². The normalized spacial score (nSPS) is 10.2. The average molecular weight is 401 g/mol. The third-order valence-electron chi connectivity index (χ3n) is 3.68. The quantitative estimate of drug-likeness (QED) is 0.679. The lowest BCUT2D eigenvalue weighted by Gasteiger charge is -2.13. The van der Waals surface area contributed by atoms with Gasteiger partial charge in [0.15, 0.2) is 0 Å². The van der Waals surface area contributed by atoms with E-state index >= 15 is 0 Å². The molecule has 0 radical (unpaired) electrons. The first-order valence-electron chi connectivity index (χ1n) is 7.99. The molecule has 0 aliphatic heterocycles. The highest BCUT2D eigenvalue weighted by molar-refractivity contribution is 6.30. The van der Waals surface area contributed by atoms with Crippen LogP contribution in [-0.2, 0) is 0 Å². The largest absolute Gasteiger partial charge is 0.495 e. The van der Waals surface area contributed by atoms with Gasteiger partial charge >= 0.3 is 0 Å². The van der Waals surface area contributed by atoms with Crippen molar-refractivity contribution in [3.63, 3.8) is 0 Å². The number of anilines is 2. The van der Waals surface area contributed by atoms with Crippen molar-refractivity contribution in [1.29, 1.82) is 0 Å². The number of amides is 2. The second-order valence-corrected chi connectivity index (χ2v) is 5.97. The average Bonchev–Trinajstić information content (AvgIpc) is 2.68. The molecule has 7 nitrogen and oxygen atoms in total. The fourth-order valence-corrected chi connectivity index (χ4v) is 2.52. The molecule has 2 amide bonds. The maximum atomic E-state index is 14.0. The van der Waals surface area contributed by atoms with Crippen molar-refractivity contribution < 1.29 is 18.7 Å². The molecule has 0 saturated heterocycles. The number of methoxy groups -OCH3 is 1. The third-order valence-corrected chi connectivity index (χ3v) is 3.91. The van der Waals surface area contributed by atoms with Gasteiger partial charge in [-0.3, -0.25) is 14.6 Å². The lowest BCUT2D eigenvalue weighted by Crippen LogP contribution is -2.16. The Kier molecular flexibility index (Phi) is 5.81.